The zero-order chi connectivity index (χ0) is 11.7. The molecule has 1 saturated carbocycles. The first kappa shape index (κ1) is 11.2. The first-order valence-corrected chi connectivity index (χ1v) is 6.68. The molecule has 1 fully saturated rings. The van der Waals surface area contributed by atoms with Crippen molar-refractivity contribution in [1.29, 1.82) is 0 Å². The number of hydrogen-bond donors (Lipinski definition) is 1. The van der Waals surface area contributed by atoms with Crippen LogP contribution in [0.1, 0.15) is 24.0 Å². The largest absolute Gasteiger partial charge is 0.383 e. The van der Waals surface area contributed by atoms with Gasteiger partial charge in [-0.3, -0.25) is 0 Å². The van der Waals surface area contributed by atoms with Gasteiger partial charge in [-0.25, -0.2) is 0 Å². The number of fused-ring (bicyclic) bond motifs is 1. The van der Waals surface area contributed by atoms with Gasteiger partial charge >= 0.3 is 0 Å². The normalized spacial score (nSPS) is 21.5. The van der Waals surface area contributed by atoms with Gasteiger partial charge in [-0.15, -0.1) is 0 Å². The number of ether oxygens (including phenoxy) is 1. The fraction of sp³-hybridized carbons (Fsp3) is 0.600. The fourth-order valence-electron chi connectivity index (χ4n) is 2.98. The third-order valence-corrected chi connectivity index (χ3v) is 4.04. The summed E-state index contributed by atoms with van der Waals surface area (Å²) in [5, 5.41) is 3.80. The van der Waals surface area contributed by atoms with E-state index in [4.69, 9.17) is 4.74 Å². The lowest BCUT2D eigenvalue weighted by Gasteiger charge is -2.22. The van der Waals surface area contributed by atoms with Crippen LogP contribution >= 0.6 is 0 Å². The minimum absolute atomic E-state index is 0.569. The topological polar surface area (TPSA) is 21.3 Å². The number of rotatable bonds is 5. The van der Waals surface area contributed by atoms with E-state index < -0.39 is 0 Å². The van der Waals surface area contributed by atoms with Crippen molar-refractivity contribution in [3.8, 4) is 0 Å². The summed E-state index contributed by atoms with van der Waals surface area (Å²) in [4.78, 5) is 0. The molecule has 1 atom stereocenters. The predicted molar refractivity (Wildman–Crippen MR) is 69.2 cm³/mol. The molecular weight excluding hydrogens is 210 g/mol. The molecule has 2 aliphatic carbocycles. The molecule has 1 N–H and O–H groups in total. The maximum absolute atomic E-state index is 5.33. The van der Waals surface area contributed by atoms with Gasteiger partial charge in [-0.1, -0.05) is 24.3 Å². The number of nitrogens with one attached hydrogen (secondary N) is 1. The van der Waals surface area contributed by atoms with Crippen LogP contribution in [-0.4, -0.2) is 25.8 Å². The van der Waals surface area contributed by atoms with Crippen LogP contribution in [-0.2, 0) is 17.6 Å². The molecule has 1 aromatic rings. The summed E-state index contributed by atoms with van der Waals surface area (Å²) in [6.07, 6.45) is 5.12. The summed E-state index contributed by atoms with van der Waals surface area (Å²) >= 11 is 0. The van der Waals surface area contributed by atoms with Gasteiger partial charge in [-0.2, -0.15) is 0 Å². The maximum atomic E-state index is 5.33. The summed E-state index contributed by atoms with van der Waals surface area (Å²) in [5.74, 6) is 0.860. The van der Waals surface area contributed by atoms with Crippen molar-refractivity contribution < 1.29 is 4.74 Å². The van der Waals surface area contributed by atoms with Gasteiger partial charge in [-0.05, 0) is 42.7 Å². The average molecular weight is 231 g/mol. The zero-order valence-electron chi connectivity index (χ0n) is 10.5. The number of hydrogen-bond acceptors (Lipinski definition) is 2. The van der Waals surface area contributed by atoms with E-state index in [1.807, 2.05) is 0 Å². The van der Waals surface area contributed by atoms with Gasteiger partial charge in [0.05, 0.1) is 6.61 Å². The Labute approximate surface area is 103 Å². The van der Waals surface area contributed by atoms with Crippen molar-refractivity contribution >= 4 is 0 Å². The molecule has 0 amide bonds. The van der Waals surface area contributed by atoms with Crippen LogP contribution in [0.25, 0.3) is 0 Å². The molecule has 0 aromatic heterocycles. The molecule has 1 aromatic carbocycles. The third kappa shape index (κ3) is 2.53. The molecule has 92 valence electrons. The van der Waals surface area contributed by atoms with E-state index >= 15 is 0 Å². The Balaban J connectivity index is 1.60. The summed E-state index contributed by atoms with van der Waals surface area (Å²) in [6.45, 7) is 0.859. The Morgan fingerprint density at radius 1 is 1.24 bits per heavy atom. The van der Waals surface area contributed by atoms with Crippen LogP contribution in [0.4, 0.5) is 0 Å². The van der Waals surface area contributed by atoms with E-state index in [1.54, 1.807) is 7.11 Å². The second kappa shape index (κ2) is 4.79. The standard InChI is InChI=1S/C15H21NO/c1-17-10-15(11-6-7-11)16-14-8-12-4-2-3-5-13(12)9-14/h2-5,11,14-16H,6-10H2,1H3/t15-/m1/s1. The van der Waals surface area contributed by atoms with Crippen molar-refractivity contribution in [2.75, 3.05) is 13.7 Å². The van der Waals surface area contributed by atoms with E-state index in [9.17, 15) is 0 Å². The van der Waals surface area contributed by atoms with Gasteiger partial charge in [0.15, 0.2) is 0 Å². The quantitative estimate of drug-likeness (QED) is 0.838. The van der Waals surface area contributed by atoms with Gasteiger partial charge in [0, 0.05) is 19.2 Å². The highest BCUT2D eigenvalue weighted by Gasteiger charge is 2.33. The molecule has 17 heavy (non-hydrogen) atoms. The second-order valence-corrected chi connectivity index (χ2v) is 5.44. The van der Waals surface area contributed by atoms with Crippen molar-refractivity contribution in [1.82, 2.24) is 5.32 Å². The highest BCUT2D eigenvalue weighted by atomic mass is 16.5. The van der Waals surface area contributed by atoms with E-state index in [0.717, 1.165) is 12.5 Å². The summed E-state index contributed by atoms with van der Waals surface area (Å²) in [5.41, 5.74) is 3.05. The van der Waals surface area contributed by atoms with Crippen LogP contribution in [0.3, 0.4) is 0 Å². The molecular formula is C15H21NO. The smallest absolute Gasteiger partial charge is 0.0618 e. The molecule has 2 aliphatic rings. The second-order valence-electron chi connectivity index (χ2n) is 5.44. The highest BCUT2D eigenvalue weighted by Crippen LogP contribution is 2.33. The molecule has 0 saturated heterocycles. The van der Waals surface area contributed by atoms with E-state index in [0.29, 0.717) is 12.1 Å². The first-order valence-electron chi connectivity index (χ1n) is 6.68. The minimum Gasteiger partial charge on any atom is -0.383 e. The highest BCUT2D eigenvalue weighted by molar-refractivity contribution is 5.33. The predicted octanol–water partition coefficient (Wildman–Crippen LogP) is 2.17. The lowest BCUT2D eigenvalue weighted by Crippen LogP contribution is -2.42. The molecule has 2 nitrogen and oxygen atoms in total. The molecule has 0 aliphatic heterocycles. The molecule has 0 heterocycles. The third-order valence-electron chi connectivity index (χ3n) is 4.04. The van der Waals surface area contributed by atoms with Gasteiger partial charge < -0.3 is 10.1 Å². The summed E-state index contributed by atoms with van der Waals surface area (Å²) in [7, 11) is 1.81. The number of methoxy groups -OCH3 is 1. The Kier molecular flexibility index (Phi) is 3.17. The SMILES string of the molecule is COC[C@@H](NC1Cc2ccccc2C1)C1CC1. The van der Waals surface area contributed by atoms with Gasteiger partial charge in [0.25, 0.3) is 0 Å². The fourth-order valence-corrected chi connectivity index (χ4v) is 2.98. The maximum Gasteiger partial charge on any atom is 0.0618 e. The van der Waals surface area contributed by atoms with Crippen LogP contribution < -0.4 is 5.32 Å². The molecule has 0 bridgehead atoms. The zero-order valence-corrected chi connectivity index (χ0v) is 10.5. The van der Waals surface area contributed by atoms with Crippen LogP contribution in [0.15, 0.2) is 24.3 Å². The molecule has 2 heteroatoms. The van der Waals surface area contributed by atoms with Crippen LogP contribution in [0, 0.1) is 5.92 Å². The van der Waals surface area contributed by atoms with Crippen LogP contribution in [0.5, 0.6) is 0 Å². The summed E-state index contributed by atoms with van der Waals surface area (Å²) in [6, 6.07) is 10.0. The van der Waals surface area contributed by atoms with Crippen molar-refractivity contribution in [3.63, 3.8) is 0 Å². The monoisotopic (exact) mass is 231 g/mol. The van der Waals surface area contributed by atoms with Gasteiger partial charge in [0.1, 0.15) is 0 Å². The minimum atomic E-state index is 0.569. The van der Waals surface area contributed by atoms with E-state index in [2.05, 4.69) is 29.6 Å². The van der Waals surface area contributed by atoms with Crippen molar-refractivity contribution in [2.24, 2.45) is 5.92 Å². The lowest BCUT2D eigenvalue weighted by molar-refractivity contribution is 0.151. The van der Waals surface area contributed by atoms with Gasteiger partial charge in [0.2, 0.25) is 0 Å². The van der Waals surface area contributed by atoms with E-state index in [1.165, 1.54) is 36.8 Å². The molecule has 0 unspecified atom stereocenters. The lowest BCUT2D eigenvalue weighted by atomic mass is 10.1. The average Bonchev–Trinajstić information content (AvgIpc) is 3.09. The Morgan fingerprint density at radius 2 is 1.88 bits per heavy atom. The number of benzene rings is 1. The molecule has 0 radical (unpaired) electrons. The Bertz CT molecular complexity index is 361. The first-order chi connectivity index (χ1) is 8.36. The summed E-state index contributed by atoms with van der Waals surface area (Å²) < 4.78 is 5.33. The van der Waals surface area contributed by atoms with E-state index in [-0.39, 0.29) is 0 Å². The Hall–Kier alpha value is -0.860. The van der Waals surface area contributed by atoms with Crippen LogP contribution in [0.2, 0.25) is 0 Å². The Morgan fingerprint density at radius 3 is 2.41 bits per heavy atom. The van der Waals surface area contributed by atoms with Crippen molar-refractivity contribution in [2.45, 2.75) is 37.8 Å². The molecule has 0 spiro atoms. The van der Waals surface area contributed by atoms with Crippen molar-refractivity contribution in [3.05, 3.63) is 35.4 Å². The molecule has 3 rings (SSSR count).